The second-order valence-electron chi connectivity index (χ2n) is 6.23. The third-order valence-corrected chi connectivity index (χ3v) is 5.59. The number of H-pyrrole nitrogens is 1. The van der Waals surface area contributed by atoms with E-state index >= 15 is 0 Å². The maximum Gasteiger partial charge on any atom is 0.270 e. The number of aromatic amines is 1. The molecule has 0 amide bonds. The van der Waals surface area contributed by atoms with E-state index in [2.05, 4.69) is 46.5 Å². The number of aryl methyl sites for hydroxylation is 1. The van der Waals surface area contributed by atoms with Crippen molar-refractivity contribution in [1.82, 2.24) is 9.97 Å². The minimum Gasteiger partial charge on any atom is -0.353 e. The lowest BCUT2D eigenvalue weighted by molar-refractivity contribution is 0.744. The topological polar surface area (TPSA) is 57.8 Å². The van der Waals surface area contributed by atoms with Gasteiger partial charge in [-0.15, -0.1) is 11.3 Å². The molecule has 0 aliphatic heterocycles. The number of benzene rings is 1. The van der Waals surface area contributed by atoms with Crippen LogP contribution in [0.4, 0.5) is 5.95 Å². The summed E-state index contributed by atoms with van der Waals surface area (Å²) in [6, 6.07) is 10.8. The second-order valence-corrected chi connectivity index (χ2v) is 7.28. The van der Waals surface area contributed by atoms with Gasteiger partial charge in [0.25, 0.3) is 5.56 Å². The third kappa shape index (κ3) is 2.88. The Hall–Kier alpha value is -2.14. The number of nitrogens with zero attached hydrogens (tertiary/aromatic N) is 1. The van der Waals surface area contributed by atoms with Crippen LogP contribution >= 0.6 is 11.3 Å². The first-order valence-electron chi connectivity index (χ1n) is 8.06. The number of hydrogen-bond acceptors (Lipinski definition) is 4. The Kier molecular flexibility index (Phi) is 3.65. The van der Waals surface area contributed by atoms with E-state index in [-0.39, 0.29) is 5.56 Å². The molecule has 1 saturated carbocycles. The lowest BCUT2D eigenvalue weighted by Gasteiger charge is -2.11. The van der Waals surface area contributed by atoms with Crippen molar-refractivity contribution in [3.05, 3.63) is 46.2 Å². The van der Waals surface area contributed by atoms with Gasteiger partial charge in [0.05, 0.1) is 5.52 Å². The molecule has 0 radical (unpaired) electrons. The van der Waals surface area contributed by atoms with Crippen molar-refractivity contribution < 1.29 is 0 Å². The highest BCUT2D eigenvalue weighted by Gasteiger charge is 2.16. The molecule has 1 aliphatic rings. The van der Waals surface area contributed by atoms with Gasteiger partial charge in [-0.25, -0.2) is 4.98 Å². The van der Waals surface area contributed by atoms with Gasteiger partial charge in [0, 0.05) is 10.9 Å². The van der Waals surface area contributed by atoms with E-state index in [4.69, 9.17) is 0 Å². The Bertz CT molecular complexity index is 889. The van der Waals surface area contributed by atoms with Crippen molar-refractivity contribution in [1.29, 1.82) is 0 Å². The molecule has 0 atom stereocenters. The molecule has 0 spiro atoms. The molecule has 1 fully saturated rings. The normalized spacial score (nSPS) is 15.3. The monoisotopic (exact) mass is 325 g/mol. The molecule has 2 N–H and O–H groups in total. The second kappa shape index (κ2) is 5.81. The molecule has 0 bridgehead atoms. The van der Waals surface area contributed by atoms with E-state index in [1.54, 1.807) is 0 Å². The Morgan fingerprint density at radius 2 is 1.96 bits per heavy atom. The van der Waals surface area contributed by atoms with Gasteiger partial charge in [-0.1, -0.05) is 42.7 Å². The lowest BCUT2D eigenvalue weighted by atomic mass is 10.1. The Morgan fingerprint density at radius 3 is 2.70 bits per heavy atom. The van der Waals surface area contributed by atoms with Crippen LogP contribution in [0.5, 0.6) is 0 Å². The van der Waals surface area contributed by atoms with Crippen molar-refractivity contribution in [3.63, 3.8) is 0 Å². The minimum absolute atomic E-state index is 0.0566. The average Bonchev–Trinajstić information content (AvgIpc) is 3.17. The summed E-state index contributed by atoms with van der Waals surface area (Å²) in [6.07, 6.45) is 4.81. The molecule has 23 heavy (non-hydrogen) atoms. The Morgan fingerprint density at radius 1 is 1.22 bits per heavy atom. The SMILES string of the molecule is Cc1ccc(-c2cc3nc(NC4CCCC4)[nH]c(=O)c3s2)cc1. The van der Waals surface area contributed by atoms with Crippen LogP contribution in [-0.4, -0.2) is 16.0 Å². The first-order chi connectivity index (χ1) is 11.2. The first kappa shape index (κ1) is 14.5. The van der Waals surface area contributed by atoms with Gasteiger partial charge in [0.2, 0.25) is 5.95 Å². The molecule has 1 aromatic carbocycles. The molecule has 3 aromatic rings. The van der Waals surface area contributed by atoms with Crippen LogP contribution in [0.1, 0.15) is 31.2 Å². The van der Waals surface area contributed by atoms with E-state index in [1.165, 1.54) is 29.7 Å². The molecule has 2 heterocycles. The van der Waals surface area contributed by atoms with E-state index < -0.39 is 0 Å². The first-order valence-corrected chi connectivity index (χ1v) is 8.88. The van der Waals surface area contributed by atoms with Gasteiger partial charge in [-0.3, -0.25) is 9.78 Å². The van der Waals surface area contributed by atoms with Gasteiger partial charge in [-0.05, 0) is 31.4 Å². The summed E-state index contributed by atoms with van der Waals surface area (Å²) in [7, 11) is 0. The van der Waals surface area contributed by atoms with E-state index in [1.807, 2.05) is 6.07 Å². The summed E-state index contributed by atoms with van der Waals surface area (Å²) in [5.74, 6) is 0.600. The van der Waals surface area contributed by atoms with Crippen LogP contribution in [0.3, 0.4) is 0 Å². The molecular weight excluding hydrogens is 306 g/mol. The van der Waals surface area contributed by atoms with Gasteiger partial charge in [-0.2, -0.15) is 0 Å². The summed E-state index contributed by atoms with van der Waals surface area (Å²) in [5.41, 5.74) is 3.07. The number of thiophene rings is 1. The lowest BCUT2D eigenvalue weighted by Crippen LogP contribution is -2.19. The van der Waals surface area contributed by atoms with Gasteiger partial charge < -0.3 is 5.32 Å². The van der Waals surface area contributed by atoms with E-state index in [0.29, 0.717) is 16.7 Å². The molecule has 5 heteroatoms. The summed E-state index contributed by atoms with van der Waals surface area (Å²) in [5, 5.41) is 3.37. The molecule has 2 aromatic heterocycles. The zero-order valence-electron chi connectivity index (χ0n) is 13.1. The molecular formula is C18H19N3OS. The largest absolute Gasteiger partial charge is 0.353 e. The fourth-order valence-corrected chi connectivity index (χ4v) is 4.13. The quantitative estimate of drug-likeness (QED) is 0.754. The van der Waals surface area contributed by atoms with Gasteiger partial charge in [0.1, 0.15) is 4.70 Å². The standard InChI is InChI=1S/C18H19N3OS/c1-11-6-8-12(9-7-11)15-10-14-16(23-15)17(22)21-18(20-14)19-13-4-2-3-5-13/h6-10,13H,2-5H2,1H3,(H2,19,20,21,22). The van der Waals surface area contributed by atoms with E-state index in [0.717, 1.165) is 28.8 Å². The highest BCUT2D eigenvalue weighted by Crippen LogP contribution is 2.31. The van der Waals surface area contributed by atoms with Crippen LogP contribution in [0, 0.1) is 6.92 Å². The highest BCUT2D eigenvalue weighted by molar-refractivity contribution is 7.22. The highest BCUT2D eigenvalue weighted by atomic mass is 32.1. The maximum atomic E-state index is 12.3. The summed E-state index contributed by atoms with van der Waals surface area (Å²) >= 11 is 1.50. The number of anilines is 1. The fraction of sp³-hybridized carbons (Fsp3) is 0.333. The zero-order valence-corrected chi connectivity index (χ0v) is 13.9. The summed E-state index contributed by atoms with van der Waals surface area (Å²) < 4.78 is 0.692. The molecule has 0 saturated heterocycles. The van der Waals surface area contributed by atoms with Gasteiger partial charge in [0.15, 0.2) is 0 Å². The maximum absolute atomic E-state index is 12.3. The third-order valence-electron chi connectivity index (χ3n) is 4.41. The minimum atomic E-state index is -0.0566. The van der Waals surface area contributed by atoms with Crippen molar-refractivity contribution >= 4 is 27.5 Å². The van der Waals surface area contributed by atoms with Crippen molar-refractivity contribution in [2.45, 2.75) is 38.6 Å². The molecule has 118 valence electrons. The molecule has 1 aliphatic carbocycles. The summed E-state index contributed by atoms with van der Waals surface area (Å²) in [6.45, 7) is 2.07. The van der Waals surface area contributed by atoms with Crippen LogP contribution in [0.25, 0.3) is 20.7 Å². The van der Waals surface area contributed by atoms with Crippen LogP contribution in [0.2, 0.25) is 0 Å². The number of rotatable bonds is 3. The smallest absolute Gasteiger partial charge is 0.270 e. The summed E-state index contributed by atoms with van der Waals surface area (Å²) in [4.78, 5) is 20.9. The average molecular weight is 325 g/mol. The molecule has 4 rings (SSSR count). The number of nitrogens with one attached hydrogen (secondary N) is 2. The van der Waals surface area contributed by atoms with Crippen molar-refractivity contribution in [3.8, 4) is 10.4 Å². The van der Waals surface area contributed by atoms with Crippen LogP contribution < -0.4 is 10.9 Å². The van der Waals surface area contributed by atoms with Crippen molar-refractivity contribution in [2.24, 2.45) is 0 Å². The Balaban J connectivity index is 1.71. The van der Waals surface area contributed by atoms with Crippen molar-refractivity contribution in [2.75, 3.05) is 5.32 Å². The predicted molar refractivity (Wildman–Crippen MR) is 96.3 cm³/mol. The number of fused-ring (bicyclic) bond motifs is 1. The number of hydrogen-bond donors (Lipinski definition) is 2. The van der Waals surface area contributed by atoms with Gasteiger partial charge >= 0.3 is 0 Å². The zero-order chi connectivity index (χ0) is 15.8. The molecule has 4 nitrogen and oxygen atoms in total. The number of aromatic nitrogens is 2. The molecule has 0 unspecified atom stereocenters. The predicted octanol–water partition coefficient (Wildman–Crippen LogP) is 4.31. The van der Waals surface area contributed by atoms with E-state index in [9.17, 15) is 4.79 Å². The Labute approximate surface area is 138 Å². The van der Waals surface area contributed by atoms with Crippen LogP contribution in [-0.2, 0) is 0 Å². The fourth-order valence-electron chi connectivity index (χ4n) is 3.13. The van der Waals surface area contributed by atoms with Crippen LogP contribution in [0.15, 0.2) is 35.1 Å².